The molecule has 1 unspecified atom stereocenters. The van der Waals surface area contributed by atoms with Gasteiger partial charge in [0.15, 0.2) is 0 Å². The van der Waals surface area contributed by atoms with Crippen LogP contribution in [0, 0.1) is 19.8 Å². The second-order valence-electron chi connectivity index (χ2n) is 5.96. The lowest BCUT2D eigenvalue weighted by molar-refractivity contribution is 0.143. The summed E-state index contributed by atoms with van der Waals surface area (Å²) < 4.78 is 6.00. The standard InChI is InChI=1S/C17H28N2O.ClH/c1-14-5-3-6-15(2)17(14)20-12-11-19-10-4-7-16(13-19)8-9-18;/h3,5-6,16H,4,7-13,18H2,1-2H3;1H. The summed E-state index contributed by atoms with van der Waals surface area (Å²) >= 11 is 0. The summed E-state index contributed by atoms with van der Waals surface area (Å²) in [5, 5.41) is 0. The van der Waals surface area contributed by atoms with Crippen molar-refractivity contribution in [3.05, 3.63) is 29.3 Å². The van der Waals surface area contributed by atoms with Gasteiger partial charge < -0.3 is 10.5 Å². The van der Waals surface area contributed by atoms with E-state index in [0.29, 0.717) is 0 Å². The maximum absolute atomic E-state index is 6.00. The van der Waals surface area contributed by atoms with Gasteiger partial charge >= 0.3 is 0 Å². The van der Waals surface area contributed by atoms with Gasteiger partial charge in [-0.25, -0.2) is 0 Å². The first kappa shape index (κ1) is 18.3. The highest BCUT2D eigenvalue weighted by Gasteiger charge is 2.19. The van der Waals surface area contributed by atoms with Crippen molar-refractivity contribution >= 4 is 12.4 Å². The van der Waals surface area contributed by atoms with Crippen LogP contribution in [0.1, 0.15) is 30.4 Å². The molecule has 1 aliphatic rings. The summed E-state index contributed by atoms with van der Waals surface area (Å²) in [5.74, 6) is 1.84. The lowest BCUT2D eigenvalue weighted by Gasteiger charge is -2.32. The van der Waals surface area contributed by atoms with Crippen LogP contribution in [0.5, 0.6) is 5.75 Å². The van der Waals surface area contributed by atoms with E-state index in [-0.39, 0.29) is 12.4 Å². The van der Waals surface area contributed by atoms with Crippen LogP contribution in [0.3, 0.4) is 0 Å². The van der Waals surface area contributed by atoms with Crippen molar-refractivity contribution in [3.63, 3.8) is 0 Å². The van der Waals surface area contributed by atoms with E-state index in [1.165, 1.54) is 37.1 Å². The van der Waals surface area contributed by atoms with E-state index in [0.717, 1.165) is 37.8 Å². The number of benzene rings is 1. The number of ether oxygens (including phenoxy) is 1. The number of hydrogen-bond acceptors (Lipinski definition) is 3. The van der Waals surface area contributed by atoms with Crippen molar-refractivity contribution in [1.82, 2.24) is 4.90 Å². The average Bonchev–Trinajstić information content (AvgIpc) is 2.43. The minimum atomic E-state index is 0. The molecule has 3 nitrogen and oxygen atoms in total. The van der Waals surface area contributed by atoms with Crippen LogP contribution in [-0.4, -0.2) is 37.7 Å². The minimum Gasteiger partial charge on any atom is -0.492 e. The molecule has 1 aliphatic heterocycles. The van der Waals surface area contributed by atoms with Gasteiger partial charge in [0, 0.05) is 13.1 Å². The molecule has 4 heteroatoms. The lowest BCUT2D eigenvalue weighted by Crippen LogP contribution is -2.38. The quantitative estimate of drug-likeness (QED) is 0.877. The molecule has 0 bridgehead atoms. The Hall–Kier alpha value is -0.770. The first-order chi connectivity index (χ1) is 9.70. The molecule has 0 aromatic heterocycles. The van der Waals surface area contributed by atoms with Crippen LogP contribution in [0.2, 0.25) is 0 Å². The number of nitrogens with zero attached hydrogens (tertiary/aromatic N) is 1. The highest BCUT2D eigenvalue weighted by Crippen LogP contribution is 2.23. The average molecular weight is 313 g/mol. The fraction of sp³-hybridized carbons (Fsp3) is 0.647. The third-order valence-electron chi connectivity index (χ3n) is 4.24. The molecule has 0 aliphatic carbocycles. The van der Waals surface area contributed by atoms with E-state index in [1.54, 1.807) is 0 Å². The molecule has 0 spiro atoms. The Morgan fingerprint density at radius 1 is 1.29 bits per heavy atom. The SMILES string of the molecule is Cc1cccc(C)c1OCCN1CCCC(CCN)C1.Cl. The molecule has 1 fully saturated rings. The Balaban J connectivity index is 0.00000220. The number of rotatable bonds is 6. The first-order valence-corrected chi connectivity index (χ1v) is 7.82. The molecular weight excluding hydrogens is 284 g/mol. The zero-order chi connectivity index (χ0) is 14.4. The van der Waals surface area contributed by atoms with E-state index in [4.69, 9.17) is 10.5 Å². The molecule has 0 radical (unpaired) electrons. The van der Waals surface area contributed by atoms with Crippen molar-refractivity contribution in [2.24, 2.45) is 11.7 Å². The molecular formula is C17H29ClN2O. The number of piperidine rings is 1. The van der Waals surface area contributed by atoms with Crippen molar-refractivity contribution < 1.29 is 4.74 Å². The van der Waals surface area contributed by atoms with Gasteiger partial charge in [0.2, 0.25) is 0 Å². The van der Waals surface area contributed by atoms with E-state index in [1.807, 2.05) is 0 Å². The fourth-order valence-corrected chi connectivity index (χ4v) is 3.13. The zero-order valence-corrected chi connectivity index (χ0v) is 14.1. The zero-order valence-electron chi connectivity index (χ0n) is 13.3. The topological polar surface area (TPSA) is 38.5 Å². The number of para-hydroxylation sites is 1. The van der Waals surface area contributed by atoms with Gasteiger partial charge in [0.05, 0.1) is 0 Å². The Bertz CT molecular complexity index is 403. The monoisotopic (exact) mass is 312 g/mol. The number of likely N-dealkylation sites (tertiary alicyclic amines) is 1. The molecule has 1 heterocycles. The van der Waals surface area contributed by atoms with E-state index in [9.17, 15) is 0 Å². The van der Waals surface area contributed by atoms with E-state index < -0.39 is 0 Å². The van der Waals surface area contributed by atoms with Gasteiger partial charge in [-0.05, 0) is 63.2 Å². The summed E-state index contributed by atoms with van der Waals surface area (Å²) in [7, 11) is 0. The summed E-state index contributed by atoms with van der Waals surface area (Å²) in [6.45, 7) is 9.23. The normalized spacial score (nSPS) is 19.1. The first-order valence-electron chi connectivity index (χ1n) is 7.82. The van der Waals surface area contributed by atoms with Crippen LogP contribution in [0.4, 0.5) is 0 Å². The van der Waals surface area contributed by atoms with Crippen LogP contribution in [0.15, 0.2) is 18.2 Å². The van der Waals surface area contributed by atoms with Crippen molar-refractivity contribution in [1.29, 1.82) is 0 Å². The van der Waals surface area contributed by atoms with Gasteiger partial charge in [-0.1, -0.05) is 18.2 Å². The predicted molar refractivity (Wildman–Crippen MR) is 91.5 cm³/mol. The number of nitrogens with two attached hydrogens (primary N) is 1. The molecule has 0 amide bonds. The number of halogens is 1. The fourth-order valence-electron chi connectivity index (χ4n) is 3.13. The smallest absolute Gasteiger partial charge is 0.125 e. The Kier molecular flexibility index (Phi) is 8.09. The molecule has 2 rings (SSSR count). The Morgan fingerprint density at radius 3 is 2.67 bits per heavy atom. The summed E-state index contributed by atoms with van der Waals surface area (Å²) in [6, 6.07) is 6.31. The molecule has 21 heavy (non-hydrogen) atoms. The van der Waals surface area contributed by atoms with E-state index >= 15 is 0 Å². The Labute approximate surface area is 135 Å². The van der Waals surface area contributed by atoms with Crippen molar-refractivity contribution in [2.75, 3.05) is 32.8 Å². The van der Waals surface area contributed by atoms with Gasteiger partial charge in [-0.2, -0.15) is 0 Å². The number of hydrogen-bond donors (Lipinski definition) is 1. The van der Waals surface area contributed by atoms with Crippen LogP contribution >= 0.6 is 12.4 Å². The largest absolute Gasteiger partial charge is 0.492 e. The lowest BCUT2D eigenvalue weighted by atomic mass is 9.95. The Morgan fingerprint density at radius 2 is 2.00 bits per heavy atom. The van der Waals surface area contributed by atoms with Gasteiger partial charge in [0.1, 0.15) is 12.4 Å². The van der Waals surface area contributed by atoms with Crippen LogP contribution in [0.25, 0.3) is 0 Å². The van der Waals surface area contributed by atoms with Gasteiger partial charge in [-0.3, -0.25) is 4.90 Å². The van der Waals surface area contributed by atoms with Crippen LogP contribution in [-0.2, 0) is 0 Å². The van der Waals surface area contributed by atoms with Gasteiger partial charge in [0.25, 0.3) is 0 Å². The third-order valence-corrected chi connectivity index (χ3v) is 4.24. The number of aryl methyl sites for hydroxylation is 2. The van der Waals surface area contributed by atoms with Crippen LogP contribution < -0.4 is 10.5 Å². The second kappa shape index (κ2) is 9.29. The second-order valence-corrected chi connectivity index (χ2v) is 5.96. The maximum Gasteiger partial charge on any atom is 0.125 e. The summed E-state index contributed by atoms with van der Waals surface area (Å²) in [4.78, 5) is 2.53. The third kappa shape index (κ3) is 5.50. The molecule has 2 N–H and O–H groups in total. The van der Waals surface area contributed by atoms with Gasteiger partial charge in [-0.15, -0.1) is 12.4 Å². The minimum absolute atomic E-state index is 0. The maximum atomic E-state index is 6.00. The highest BCUT2D eigenvalue weighted by atomic mass is 35.5. The molecule has 1 aromatic rings. The molecule has 1 aromatic carbocycles. The van der Waals surface area contributed by atoms with Crippen molar-refractivity contribution in [2.45, 2.75) is 33.1 Å². The summed E-state index contributed by atoms with van der Waals surface area (Å²) in [5.41, 5.74) is 8.12. The molecule has 0 saturated carbocycles. The molecule has 1 atom stereocenters. The predicted octanol–water partition coefficient (Wildman–Crippen LogP) is 3.16. The highest BCUT2D eigenvalue weighted by molar-refractivity contribution is 5.85. The molecule has 120 valence electrons. The summed E-state index contributed by atoms with van der Waals surface area (Å²) in [6.07, 6.45) is 3.80. The van der Waals surface area contributed by atoms with Crippen molar-refractivity contribution in [3.8, 4) is 5.75 Å². The van der Waals surface area contributed by atoms with E-state index in [2.05, 4.69) is 36.9 Å². The molecule has 1 saturated heterocycles.